The maximum atomic E-state index is 12.2. The predicted octanol–water partition coefficient (Wildman–Crippen LogP) is 1.54. The van der Waals surface area contributed by atoms with E-state index in [2.05, 4.69) is 17.4 Å². The molecule has 0 aliphatic carbocycles. The van der Waals surface area contributed by atoms with Crippen LogP contribution in [0.1, 0.15) is 37.9 Å². The number of nitrogens with two attached hydrogens (primary N) is 1. The highest BCUT2D eigenvalue weighted by atomic mass is 16.6. The molecule has 0 radical (unpaired) electrons. The van der Waals surface area contributed by atoms with Crippen molar-refractivity contribution in [1.29, 1.82) is 0 Å². The van der Waals surface area contributed by atoms with Crippen molar-refractivity contribution in [2.75, 3.05) is 6.54 Å². The molecule has 2 rings (SSSR count). The molecule has 0 fully saturated rings. The topological polar surface area (TPSA) is 64.3 Å². The van der Waals surface area contributed by atoms with Gasteiger partial charge in [-0.05, 0) is 38.3 Å². The van der Waals surface area contributed by atoms with E-state index >= 15 is 0 Å². The largest absolute Gasteiger partial charge is 0.459 e. The fourth-order valence-electron chi connectivity index (χ4n) is 2.39. The lowest BCUT2D eigenvalue weighted by atomic mass is 9.90. The summed E-state index contributed by atoms with van der Waals surface area (Å²) >= 11 is 0. The summed E-state index contributed by atoms with van der Waals surface area (Å²) in [6.45, 7) is 6.10. The highest BCUT2D eigenvalue weighted by Gasteiger charge is 2.32. The molecule has 2 atom stereocenters. The number of hydrogen-bond acceptors (Lipinski definition) is 4. The smallest absolute Gasteiger partial charge is 0.324 e. The Labute approximate surface area is 114 Å². The third kappa shape index (κ3) is 3.33. The van der Waals surface area contributed by atoms with Crippen LogP contribution in [0.3, 0.4) is 0 Å². The standard InChI is InChI=1S/C15H22N2O2/c1-15(2,3)19-14(18)12-8-10-6-4-5-7-11(10)13(9-16)17-12/h4-7,12-13,17H,8-9,16H2,1-3H3/t12-,13+/m1/s1. The van der Waals surface area contributed by atoms with E-state index in [1.54, 1.807) is 0 Å². The molecule has 0 saturated carbocycles. The quantitative estimate of drug-likeness (QED) is 0.794. The molecule has 4 heteroatoms. The molecule has 0 bridgehead atoms. The Bertz CT molecular complexity index is 465. The summed E-state index contributed by atoms with van der Waals surface area (Å²) in [5.41, 5.74) is 7.69. The van der Waals surface area contributed by atoms with Gasteiger partial charge in [0.2, 0.25) is 0 Å². The van der Waals surface area contributed by atoms with Crippen LogP contribution in [0.5, 0.6) is 0 Å². The molecule has 0 spiro atoms. The minimum atomic E-state index is -0.464. The van der Waals surface area contributed by atoms with Gasteiger partial charge in [0.1, 0.15) is 11.6 Å². The summed E-state index contributed by atoms with van der Waals surface area (Å²) in [4.78, 5) is 12.2. The van der Waals surface area contributed by atoms with Crippen molar-refractivity contribution in [1.82, 2.24) is 5.32 Å². The molecule has 3 N–H and O–H groups in total. The monoisotopic (exact) mass is 262 g/mol. The van der Waals surface area contributed by atoms with Crippen molar-refractivity contribution in [3.05, 3.63) is 35.4 Å². The molecule has 0 aromatic heterocycles. The van der Waals surface area contributed by atoms with Crippen LogP contribution in [0.4, 0.5) is 0 Å². The summed E-state index contributed by atoms with van der Waals surface area (Å²) in [7, 11) is 0. The van der Waals surface area contributed by atoms with Crippen molar-refractivity contribution in [2.45, 2.75) is 44.9 Å². The maximum absolute atomic E-state index is 12.2. The normalized spacial score (nSPS) is 22.7. The Kier molecular flexibility index (Phi) is 3.92. The van der Waals surface area contributed by atoms with Crippen molar-refractivity contribution < 1.29 is 9.53 Å². The molecule has 1 heterocycles. The van der Waals surface area contributed by atoms with E-state index < -0.39 is 5.60 Å². The Hall–Kier alpha value is -1.39. The number of rotatable bonds is 2. The van der Waals surface area contributed by atoms with E-state index in [1.165, 1.54) is 11.1 Å². The van der Waals surface area contributed by atoms with Crippen molar-refractivity contribution in [3.8, 4) is 0 Å². The van der Waals surface area contributed by atoms with E-state index in [1.807, 2.05) is 32.9 Å². The molecule has 1 aromatic carbocycles. The van der Waals surface area contributed by atoms with Gasteiger partial charge in [0.15, 0.2) is 0 Å². The van der Waals surface area contributed by atoms with E-state index in [4.69, 9.17) is 10.5 Å². The molecule has 0 saturated heterocycles. The average Bonchev–Trinajstić information content (AvgIpc) is 2.35. The minimum absolute atomic E-state index is 0.0162. The van der Waals surface area contributed by atoms with Gasteiger partial charge < -0.3 is 10.5 Å². The lowest BCUT2D eigenvalue weighted by Gasteiger charge is -2.33. The van der Waals surface area contributed by atoms with E-state index in [0.717, 1.165) is 0 Å². The molecule has 19 heavy (non-hydrogen) atoms. The zero-order valence-corrected chi connectivity index (χ0v) is 11.8. The van der Waals surface area contributed by atoms with Crippen molar-refractivity contribution >= 4 is 5.97 Å². The van der Waals surface area contributed by atoms with Crippen LogP contribution in [0.15, 0.2) is 24.3 Å². The maximum Gasteiger partial charge on any atom is 0.324 e. The second-order valence-electron chi connectivity index (χ2n) is 5.94. The first kappa shape index (κ1) is 14.0. The molecular formula is C15H22N2O2. The van der Waals surface area contributed by atoms with Gasteiger partial charge in [-0.3, -0.25) is 10.1 Å². The summed E-state index contributed by atoms with van der Waals surface area (Å²) in [5, 5.41) is 3.28. The number of benzene rings is 1. The number of esters is 1. The average molecular weight is 262 g/mol. The Morgan fingerprint density at radius 1 is 1.42 bits per heavy atom. The summed E-state index contributed by atoms with van der Waals surface area (Å²) in [6.07, 6.45) is 0.654. The first-order valence-electron chi connectivity index (χ1n) is 6.67. The number of hydrogen-bond donors (Lipinski definition) is 2. The molecule has 1 aliphatic rings. The molecule has 4 nitrogen and oxygen atoms in total. The summed E-state index contributed by atoms with van der Waals surface area (Å²) in [6, 6.07) is 7.80. The molecule has 0 unspecified atom stereocenters. The molecule has 1 aromatic rings. The Morgan fingerprint density at radius 2 is 2.11 bits per heavy atom. The summed E-state index contributed by atoms with van der Waals surface area (Å²) < 4.78 is 5.44. The van der Waals surface area contributed by atoms with Crippen molar-refractivity contribution in [3.63, 3.8) is 0 Å². The SMILES string of the molecule is CC(C)(C)OC(=O)[C@H]1Cc2ccccc2[C@H](CN)N1. The summed E-state index contributed by atoms with van der Waals surface area (Å²) in [5.74, 6) is -0.208. The van der Waals surface area contributed by atoms with Crippen LogP contribution in [-0.2, 0) is 16.0 Å². The van der Waals surface area contributed by atoms with Crippen LogP contribution in [0.25, 0.3) is 0 Å². The van der Waals surface area contributed by atoms with E-state index in [0.29, 0.717) is 13.0 Å². The number of fused-ring (bicyclic) bond motifs is 1. The first-order valence-corrected chi connectivity index (χ1v) is 6.67. The van der Waals surface area contributed by atoms with Crippen LogP contribution in [0.2, 0.25) is 0 Å². The van der Waals surface area contributed by atoms with Gasteiger partial charge in [-0.15, -0.1) is 0 Å². The second-order valence-corrected chi connectivity index (χ2v) is 5.94. The number of carbonyl (C=O) groups excluding carboxylic acids is 1. The van der Waals surface area contributed by atoms with Gasteiger partial charge in [-0.2, -0.15) is 0 Å². The number of nitrogens with one attached hydrogen (secondary N) is 1. The molecular weight excluding hydrogens is 240 g/mol. The molecule has 104 valence electrons. The van der Waals surface area contributed by atoms with Gasteiger partial charge in [-0.25, -0.2) is 0 Å². The van der Waals surface area contributed by atoms with Crippen LogP contribution in [-0.4, -0.2) is 24.2 Å². The molecule has 0 amide bonds. The van der Waals surface area contributed by atoms with E-state index in [9.17, 15) is 4.79 Å². The minimum Gasteiger partial charge on any atom is -0.459 e. The zero-order chi connectivity index (χ0) is 14.0. The highest BCUT2D eigenvalue weighted by molar-refractivity contribution is 5.77. The Morgan fingerprint density at radius 3 is 2.74 bits per heavy atom. The third-order valence-corrected chi connectivity index (χ3v) is 3.18. The highest BCUT2D eigenvalue weighted by Crippen LogP contribution is 2.25. The lowest BCUT2D eigenvalue weighted by Crippen LogP contribution is -2.49. The van der Waals surface area contributed by atoms with Crippen molar-refractivity contribution in [2.24, 2.45) is 5.73 Å². The lowest BCUT2D eigenvalue weighted by molar-refractivity contribution is -0.157. The fourth-order valence-corrected chi connectivity index (χ4v) is 2.39. The second kappa shape index (κ2) is 5.31. The van der Waals surface area contributed by atoms with Gasteiger partial charge in [0.25, 0.3) is 0 Å². The number of carbonyl (C=O) groups is 1. The van der Waals surface area contributed by atoms with Gasteiger partial charge in [-0.1, -0.05) is 24.3 Å². The first-order chi connectivity index (χ1) is 8.90. The van der Waals surface area contributed by atoms with Gasteiger partial charge >= 0.3 is 5.97 Å². The van der Waals surface area contributed by atoms with Crippen LogP contribution >= 0.6 is 0 Å². The third-order valence-electron chi connectivity index (χ3n) is 3.18. The molecule has 1 aliphatic heterocycles. The number of ether oxygens (including phenoxy) is 1. The van der Waals surface area contributed by atoms with Gasteiger partial charge in [0, 0.05) is 12.6 Å². The van der Waals surface area contributed by atoms with Crippen LogP contribution < -0.4 is 11.1 Å². The van der Waals surface area contributed by atoms with Gasteiger partial charge in [0.05, 0.1) is 0 Å². The van der Waals surface area contributed by atoms with E-state index in [-0.39, 0.29) is 18.1 Å². The zero-order valence-electron chi connectivity index (χ0n) is 11.8. The van der Waals surface area contributed by atoms with Crippen LogP contribution in [0, 0.1) is 0 Å². The fraction of sp³-hybridized carbons (Fsp3) is 0.533. The predicted molar refractivity (Wildman–Crippen MR) is 74.7 cm³/mol. The Balaban J connectivity index is 2.17.